The van der Waals surface area contributed by atoms with Crippen molar-refractivity contribution in [1.82, 2.24) is 9.97 Å². The summed E-state index contributed by atoms with van der Waals surface area (Å²) in [7, 11) is 0. The number of nitrogens with one attached hydrogen (secondary N) is 1. The maximum atomic E-state index is 11.6. The van der Waals surface area contributed by atoms with E-state index in [1.165, 1.54) is 25.7 Å². The summed E-state index contributed by atoms with van der Waals surface area (Å²) < 4.78 is 5.83. The number of rotatable bonds is 5. The third-order valence-corrected chi connectivity index (χ3v) is 5.98. The van der Waals surface area contributed by atoms with E-state index < -0.39 is 0 Å². The second kappa shape index (κ2) is 9.11. The van der Waals surface area contributed by atoms with Crippen molar-refractivity contribution in [3.8, 4) is 17.6 Å². The van der Waals surface area contributed by atoms with E-state index in [4.69, 9.17) is 9.72 Å². The Kier molecular flexibility index (Phi) is 5.72. The number of fused-ring (bicyclic) bond motifs is 1. The van der Waals surface area contributed by atoms with Gasteiger partial charge in [-0.05, 0) is 54.8 Å². The fourth-order valence-electron chi connectivity index (χ4n) is 4.22. The topological polar surface area (TPSA) is 55.0 Å². The van der Waals surface area contributed by atoms with E-state index >= 15 is 0 Å². The van der Waals surface area contributed by atoms with Gasteiger partial charge in [0.1, 0.15) is 18.2 Å². The number of imidazole rings is 1. The number of aldehydes is 1. The third kappa shape index (κ3) is 4.43. The van der Waals surface area contributed by atoms with Crippen molar-refractivity contribution >= 4 is 17.3 Å². The summed E-state index contributed by atoms with van der Waals surface area (Å²) in [6.07, 6.45) is 5.82. The lowest BCUT2D eigenvalue weighted by Crippen LogP contribution is -1.97. The number of benzene rings is 3. The number of carbonyl (C=O) groups is 1. The first kappa shape index (κ1) is 20.1. The first-order chi connectivity index (χ1) is 15.8. The molecule has 1 aromatic heterocycles. The number of aromatic nitrogens is 2. The molecule has 1 heterocycles. The number of carbonyl (C=O) groups excluding carboxylic acids is 1. The third-order valence-electron chi connectivity index (χ3n) is 5.98. The highest BCUT2D eigenvalue weighted by Crippen LogP contribution is 2.33. The van der Waals surface area contributed by atoms with E-state index in [9.17, 15) is 4.79 Å². The van der Waals surface area contributed by atoms with Crippen LogP contribution in [0.15, 0.2) is 66.7 Å². The average molecular weight is 421 g/mol. The summed E-state index contributed by atoms with van der Waals surface area (Å²) in [5.74, 6) is 8.62. The second-order valence-corrected chi connectivity index (χ2v) is 8.23. The van der Waals surface area contributed by atoms with Crippen LogP contribution in [-0.4, -0.2) is 16.3 Å². The summed E-state index contributed by atoms with van der Waals surface area (Å²) >= 11 is 0. The van der Waals surface area contributed by atoms with Gasteiger partial charge >= 0.3 is 0 Å². The predicted molar refractivity (Wildman–Crippen MR) is 126 cm³/mol. The summed E-state index contributed by atoms with van der Waals surface area (Å²) in [5.41, 5.74) is 5.16. The monoisotopic (exact) mass is 420 g/mol. The molecule has 32 heavy (non-hydrogen) atoms. The molecule has 0 radical (unpaired) electrons. The van der Waals surface area contributed by atoms with Crippen molar-refractivity contribution in [1.29, 1.82) is 0 Å². The summed E-state index contributed by atoms with van der Waals surface area (Å²) in [4.78, 5) is 19.9. The van der Waals surface area contributed by atoms with Crippen LogP contribution in [0.1, 0.15) is 64.5 Å². The number of hydrogen-bond acceptors (Lipinski definition) is 3. The molecule has 0 amide bonds. The molecule has 4 aromatic rings. The number of ether oxygens (including phenoxy) is 1. The van der Waals surface area contributed by atoms with Gasteiger partial charge in [-0.25, -0.2) is 4.98 Å². The van der Waals surface area contributed by atoms with Gasteiger partial charge in [0.25, 0.3) is 0 Å². The SMILES string of the molecule is O=Cc1cc(OCc2ccccc2)ccc1C#Cc1ccc2nc(C3CCCC3)[nH]c2c1. The van der Waals surface area contributed by atoms with Crippen LogP contribution < -0.4 is 4.74 Å². The molecule has 158 valence electrons. The minimum absolute atomic E-state index is 0.456. The van der Waals surface area contributed by atoms with Gasteiger partial charge in [-0.3, -0.25) is 4.79 Å². The molecule has 0 spiro atoms. The van der Waals surface area contributed by atoms with Crippen LogP contribution in [0.2, 0.25) is 0 Å². The Morgan fingerprint density at radius 3 is 2.66 bits per heavy atom. The van der Waals surface area contributed by atoms with Gasteiger partial charge in [-0.2, -0.15) is 0 Å². The summed E-state index contributed by atoms with van der Waals surface area (Å²) in [5, 5.41) is 0. The minimum Gasteiger partial charge on any atom is -0.489 e. The molecule has 0 unspecified atom stereocenters. The van der Waals surface area contributed by atoms with Crippen molar-refractivity contribution in [2.45, 2.75) is 38.2 Å². The normalized spacial score (nSPS) is 13.6. The molecule has 1 aliphatic carbocycles. The summed E-state index contributed by atoms with van der Waals surface area (Å²) in [6.45, 7) is 0.456. The number of hydrogen-bond donors (Lipinski definition) is 1. The zero-order chi connectivity index (χ0) is 21.8. The van der Waals surface area contributed by atoms with Gasteiger partial charge in [0.15, 0.2) is 6.29 Å². The van der Waals surface area contributed by atoms with Crippen LogP contribution in [-0.2, 0) is 6.61 Å². The molecule has 4 nitrogen and oxygen atoms in total. The fraction of sp³-hybridized carbons (Fsp3) is 0.214. The first-order valence-corrected chi connectivity index (χ1v) is 11.1. The number of H-pyrrole nitrogens is 1. The maximum Gasteiger partial charge on any atom is 0.151 e. The molecule has 0 atom stereocenters. The smallest absolute Gasteiger partial charge is 0.151 e. The fourth-order valence-corrected chi connectivity index (χ4v) is 4.22. The van der Waals surface area contributed by atoms with Crippen LogP contribution in [0.4, 0.5) is 0 Å². The molecule has 1 N–H and O–H groups in total. The molecule has 0 saturated heterocycles. The van der Waals surface area contributed by atoms with Crippen molar-refractivity contribution in [3.05, 3.63) is 94.8 Å². The minimum atomic E-state index is 0.456. The molecule has 0 aliphatic heterocycles. The highest BCUT2D eigenvalue weighted by molar-refractivity contribution is 5.81. The zero-order valence-corrected chi connectivity index (χ0v) is 17.8. The average Bonchev–Trinajstić information content (AvgIpc) is 3.52. The Morgan fingerprint density at radius 1 is 1.00 bits per heavy atom. The van der Waals surface area contributed by atoms with E-state index in [-0.39, 0.29) is 0 Å². The largest absolute Gasteiger partial charge is 0.489 e. The second-order valence-electron chi connectivity index (χ2n) is 8.23. The van der Waals surface area contributed by atoms with Crippen LogP contribution in [0.5, 0.6) is 5.75 Å². The Balaban J connectivity index is 1.34. The lowest BCUT2D eigenvalue weighted by Gasteiger charge is -2.07. The molecular weight excluding hydrogens is 396 g/mol. The van der Waals surface area contributed by atoms with Crippen molar-refractivity contribution in [2.75, 3.05) is 0 Å². The highest BCUT2D eigenvalue weighted by Gasteiger charge is 2.20. The van der Waals surface area contributed by atoms with Crippen LogP contribution >= 0.6 is 0 Å². The van der Waals surface area contributed by atoms with E-state index in [2.05, 4.69) is 16.8 Å². The van der Waals surface area contributed by atoms with E-state index in [1.54, 1.807) is 6.07 Å². The molecular formula is C28H24N2O2. The lowest BCUT2D eigenvalue weighted by molar-refractivity contribution is 0.112. The van der Waals surface area contributed by atoms with E-state index in [0.717, 1.165) is 34.3 Å². The van der Waals surface area contributed by atoms with E-state index in [0.29, 0.717) is 29.4 Å². The number of aromatic amines is 1. The van der Waals surface area contributed by atoms with Crippen LogP contribution in [0, 0.1) is 11.8 Å². The molecule has 0 bridgehead atoms. The predicted octanol–water partition coefficient (Wildman–Crippen LogP) is 6.01. The van der Waals surface area contributed by atoms with Crippen LogP contribution in [0.25, 0.3) is 11.0 Å². The molecule has 1 aliphatic rings. The van der Waals surface area contributed by atoms with Crippen LogP contribution in [0.3, 0.4) is 0 Å². The lowest BCUT2D eigenvalue weighted by atomic mass is 10.1. The Bertz CT molecular complexity index is 1310. The van der Waals surface area contributed by atoms with Crippen molar-refractivity contribution < 1.29 is 9.53 Å². The summed E-state index contributed by atoms with van der Waals surface area (Å²) in [6, 6.07) is 21.4. The Morgan fingerprint density at radius 2 is 1.84 bits per heavy atom. The Hall–Kier alpha value is -3.84. The first-order valence-electron chi connectivity index (χ1n) is 11.1. The van der Waals surface area contributed by atoms with Gasteiger partial charge in [0, 0.05) is 22.6 Å². The van der Waals surface area contributed by atoms with Gasteiger partial charge in [-0.1, -0.05) is 55.0 Å². The molecule has 1 fully saturated rings. The van der Waals surface area contributed by atoms with E-state index in [1.807, 2.05) is 60.7 Å². The van der Waals surface area contributed by atoms with Gasteiger partial charge in [0.05, 0.1) is 11.0 Å². The van der Waals surface area contributed by atoms with Gasteiger partial charge < -0.3 is 9.72 Å². The maximum absolute atomic E-state index is 11.6. The van der Waals surface area contributed by atoms with Gasteiger partial charge in [0.2, 0.25) is 0 Å². The Labute approximate surface area is 187 Å². The molecule has 3 aromatic carbocycles. The standard InChI is InChI=1S/C28H24N2O2/c31-18-24-17-25(32-19-21-6-2-1-3-7-21)14-13-22(24)12-10-20-11-15-26-27(16-20)30-28(29-26)23-8-4-5-9-23/h1-3,6-7,11,13-18,23H,4-5,8-9,19H2,(H,29,30). The molecule has 1 saturated carbocycles. The van der Waals surface area contributed by atoms with Gasteiger partial charge in [-0.15, -0.1) is 0 Å². The molecule has 5 rings (SSSR count). The number of nitrogens with zero attached hydrogens (tertiary/aromatic N) is 1. The van der Waals surface area contributed by atoms with Crippen molar-refractivity contribution in [2.24, 2.45) is 0 Å². The van der Waals surface area contributed by atoms with Crippen molar-refractivity contribution in [3.63, 3.8) is 0 Å². The zero-order valence-electron chi connectivity index (χ0n) is 17.8. The molecule has 4 heteroatoms. The quantitative estimate of drug-likeness (QED) is 0.318. The highest BCUT2D eigenvalue weighted by atomic mass is 16.5.